The second kappa shape index (κ2) is 4.54. The third-order valence-corrected chi connectivity index (χ3v) is 2.38. The molecule has 1 aromatic rings. The van der Waals surface area contributed by atoms with Gasteiger partial charge in [-0.25, -0.2) is 14.7 Å². The van der Waals surface area contributed by atoms with Crippen molar-refractivity contribution in [3.05, 3.63) is 17.5 Å². The van der Waals surface area contributed by atoms with Gasteiger partial charge in [0.25, 0.3) is 0 Å². The van der Waals surface area contributed by atoms with Crippen molar-refractivity contribution in [2.75, 3.05) is 13.1 Å². The van der Waals surface area contributed by atoms with Gasteiger partial charge in [-0.15, -0.1) is 0 Å². The van der Waals surface area contributed by atoms with Crippen LogP contribution in [-0.2, 0) is 0 Å². The molecule has 17 heavy (non-hydrogen) atoms. The molecule has 1 aliphatic heterocycles. The molecule has 7 nitrogen and oxygen atoms in total. The van der Waals surface area contributed by atoms with E-state index in [1.807, 2.05) is 0 Å². The van der Waals surface area contributed by atoms with Gasteiger partial charge in [-0.1, -0.05) is 5.16 Å². The van der Waals surface area contributed by atoms with Crippen molar-refractivity contribution in [3.8, 4) is 0 Å². The van der Waals surface area contributed by atoms with Gasteiger partial charge in [-0.05, 0) is 18.5 Å². The van der Waals surface area contributed by atoms with Crippen LogP contribution in [0.1, 0.15) is 11.5 Å². The lowest BCUT2D eigenvalue weighted by Crippen LogP contribution is -2.30. The van der Waals surface area contributed by atoms with Crippen molar-refractivity contribution in [1.29, 1.82) is 0 Å². The molecule has 0 saturated carbocycles. The van der Waals surface area contributed by atoms with E-state index in [1.165, 1.54) is 6.21 Å². The summed E-state index contributed by atoms with van der Waals surface area (Å²) in [5, 5.41) is 7.93. The number of aryl methyl sites for hydroxylation is 1. The van der Waals surface area contributed by atoms with Gasteiger partial charge >= 0.3 is 11.4 Å². The number of aromatic nitrogens is 1. The van der Waals surface area contributed by atoms with Gasteiger partial charge in [0.2, 0.25) is 0 Å². The van der Waals surface area contributed by atoms with E-state index in [0.29, 0.717) is 18.0 Å². The van der Waals surface area contributed by atoms with E-state index in [0.717, 1.165) is 9.91 Å². The molecule has 1 aromatic heterocycles. The van der Waals surface area contributed by atoms with Crippen LogP contribution >= 0.6 is 11.6 Å². The Hall–Kier alpha value is -1.89. The molecule has 1 aliphatic rings. The monoisotopic (exact) mass is 256 g/mol. The van der Waals surface area contributed by atoms with Gasteiger partial charge < -0.3 is 4.52 Å². The molecule has 8 heteroatoms. The SMILES string of the molecule is Cc1cc(C=NN2CCN(C(=O)Cl)C2=O)no1. The van der Waals surface area contributed by atoms with E-state index >= 15 is 0 Å². The van der Waals surface area contributed by atoms with Crippen LogP contribution in [0.25, 0.3) is 0 Å². The highest BCUT2D eigenvalue weighted by atomic mass is 35.5. The highest BCUT2D eigenvalue weighted by Gasteiger charge is 2.32. The van der Waals surface area contributed by atoms with Crippen molar-refractivity contribution in [1.82, 2.24) is 15.1 Å². The molecule has 2 rings (SSSR count). The van der Waals surface area contributed by atoms with Crippen molar-refractivity contribution in [2.45, 2.75) is 6.92 Å². The van der Waals surface area contributed by atoms with E-state index in [2.05, 4.69) is 10.3 Å². The Morgan fingerprint density at radius 2 is 2.41 bits per heavy atom. The molecule has 2 heterocycles. The minimum atomic E-state index is -0.801. The molecule has 0 radical (unpaired) electrons. The molecule has 0 aliphatic carbocycles. The molecule has 0 spiro atoms. The summed E-state index contributed by atoms with van der Waals surface area (Å²) in [4.78, 5) is 23.3. The average molecular weight is 257 g/mol. The Morgan fingerprint density at radius 1 is 1.65 bits per heavy atom. The number of imide groups is 1. The van der Waals surface area contributed by atoms with Crippen molar-refractivity contribution < 1.29 is 14.1 Å². The lowest BCUT2D eigenvalue weighted by atomic mass is 10.4. The van der Waals surface area contributed by atoms with Crippen LogP contribution in [0.15, 0.2) is 15.7 Å². The standard InChI is InChI=1S/C9H9ClN4O3/c1-6-4-7(12-17-6)5-11-14-3-2-13(8(10)15)9(14)16/h4-5H,2-3H2,1H3. The van der Waals surface area contributed by atoms with Crippen LogP contribution in [0.5, 0.6) is 0 Å². The summed E-state index contributed by atoms with van der Waals surface area (Å²) in [5.41, 5.74) is 0.506. The quantitative estimate of drug-likeness (QED) is 0.455. The Kier molecular flexibility index (Phi) is 3.10. The van der Waals surface area contributed by atoms with Crippen LogP contribution in [0.3, 0.4) is 0 Å². The molecule has 1 fully saturated rings. The first kappa shape index (κ1) is 11.6. The Labute approximate surface area is 102 Å². The molecule has 0 N–H and O–H groups in total. The van der Waals surface area contributed by atoms with Crippen LogP contribution in [0, 0.1) is 6.92 Å². The Balaban J connectivity index is 2.03. The number of halogens is 1. The molecule has 3 amide bonds. The summed E-state index contributed by atoms with van der Waals surface area (Å²) < 4.78 is 4.84. The average Bonchev–Trinajstić information content (AvgIpc) is 2.82. The zero-order valence-corrected chi connectivity index (χ0v) is 9.72. The van der Waals surface area contributed by atoms with Crippen LogP contribution in [0.4, 0.5) is 9.59 Å². The first-order valence-electron chi connectivity index (χ1n) is 4.84. The normalized spacial score (nSPS) is 16.2. The second-order valence-corrected chi connectivity index (χ2v) is 3.74. The maximum absolute atomic E-state index is 11.6. The lowest BCUT2D eigenvalue weighted by molar-refractivity contribution is 0.195. The fourth-order valence-corrected chi connectivity index (χ4v) is 1.53. The third kappa shape index (κ3) is 2.44. The Morgan fingerprint density at radius 3 is 2.94 bits per heavy atom. The van der Waals surface area contributed by atoms with Crippen molar-refractivity contribution in [2.24, 2.45) is 5.10 Å². The minimum Gasteiger partial charge on any atom is -0.361 e. The van der Waals surface area contributed by atoms with Crippen LogP contribution in [-0.4, -0.2) is 45.8 Å². The van der Waals surface area contributed by atoms with Crippen LogP contribution < -0.4 is 0 Å². The summed E-state index contributed by atoms with van der Waals surface area (Å²) in [5.74, 6) is 0.650. The number of nitrogens with zero attached hydrogens (tertiary/aromatic N) is 4. The molecule has 0 bridgehead atoms. The summed E-state index contributed by atoms with van der Waals surface area (Å²) in [6, 6.07) is 1.13. The maximum Gasteiger partial charge on any atom is 0.348 e. The Bertz CT molecular complexity index is 484. The number of rotatable bonds is 2. The molecule has 90 valence electrons. The van der Waals surface area contributed by atoms with Gasteiger partial charge in [0.15, 0.2) is 0 Å². The fourth-order valence-electron chi connectivity index (χ4n) is 1.37. The number of hydrogen-bond acceptors (Lipinski definition) is 5. The first-order chi connectivity index (χ1) is 8.08. The molecule has 1 saturated heterocycles. The van der Waals surface area contributed by atoms with Gasteiger partial charge in [0, 0.05) is 6.07 Å². The first-order valence-corrected chi connectivity index (χ1v) is 5.21. The largest absolute Gasteiger partial charge is 0.361 e. The smallest absolute Gasteiger partial charge is 0.348 e. The zero-order valence-electron chi connectivity index (χ0n) is 8.96. The van der Waals surface area contributed by atoms with E-state index in [4.69, 9.17) is 16.1 Å². The third-order valence-electron chi connectivity index (χ3n) is 2.17. The second-order valence-electron chi connectivity index (χ2n) is 3.42. The summed E-state index contributed by atoms with van der Waals surface area (Å²) in [6.07, 6.45) is 1.39. The summed E-state index contributed by atoms with van der Waals surface area (Å²) in [6.45, 7) is 2.29. The van der Waals surface area contributed by atoms with Crippen LogP contribution in [0.2, 0.25) is 0 Å². The predicted octanol–water partition coefficient (Wildman–Crippen LogP) is 1.41. The summed E-state index contributed by atoms with van der Waals surface area (Å²) in [7, 11) is 0. The number of hydrogen-bond donors (Lipinski definition) is 0. The fraction of sp³-hybridized carbons (Fsp3) is 0.333. The number of urea groups is 1. The van der Waals surface area contributed by atoms with Gasteiger partial charge in [0.05, 0.1) is 19.3 Å². The maximum atomic E-state index is 11.6. The van der Waals surface area contributed by atoms with E-state index in [1.54, 1.807) is 13.0 Å². The highest BCUT2D eigenvalue weighted by molar-refractivity contribution is 6.64. The van der Waals surface area contributed by atoms with E-state index < -0.39 is 11.4 Å². The topological polar surface area (TPSA) is 79.0 Å². The molecule has 0 aromatic carbocycles. The molecular weight excluding hydrogens is 248 g/mol. The number of amides is 3. The number of hydrazone groups is 1. The zero-order chi connectivity index (χ0) is 12.4. The lowest BCUT2D eigenvalue weighted by Gasteiger charge is -2.09. The highest BCUT2D eigenvalue weighted by Crippen LogP contribution is 2.11. The minimum absolute atomic E-state index is 0.232. The molecule has 0 atom stereocenters. The van der Waals surface area contributed by atoms with Crippen molar-refractivity contribution >= 4 is 29.2 Å². The molecule has 0 unspecified atom stereocenters. The number of carbonyl (C=O) groups is 2. The molecular formula is C9H9ClN4O3. The van der Waals surface area contributed by atoms with Gasteiger partial charge in [-0.2, -0.15) is 5.10 Å². The predicted molar refractivity (Wildman–Crippen MR) is 58.9 cm³/mol. The summed E-state index contributed by atoms with van der Waals surface area (Å²) >= 11 is 5.23. The van der Waals surface area contributed by atoms with E-state index in [9.17, 15) is 9.59 Å². The van der Waals surface area contributed by atoms with E-state index in [-0.39, 0.29) is 6.54 Å². The van der Waals surface area contributed by atoms with Crippen molar-refractivity contribution in [3.63, 3.8) is 0 Å². The number of carbonyl (C=O) groups excluding carboxylic acids is 2. The van der Waals surface area contributed by atoms with Gasteiger partial charge in [-0.3, -0.25) is 4.79 Å². The van der Waals surface area contributed by atoms with Gasteiger partial charge in [0.1, 0.15) is 11.5 Å².